The third kappa shape index (κ3) is 5.61. The van der Waals surface area contributed by atoms with E-state index in [1.54, 1.807) is 0 Å². The molecule has 1 aromatic rings. The molecule has 21 heavy (non-hydrogen) atoms. The van der Waals surface area contributed by atoms with Gasteiger partial charge in [0.15, 0.2) is 0 Å². The number of amides is 1. The lowest BCUT2D eigenvalue weighted by Crippen LogP contribution is -2.42. The van der Waals surface area contributed by atoms with Gasteiger partial charge in [-0.15, -0.1) is 12.4 Å². The number of rotatable bonds is 5. The van der Waals surface area contributed by atoms with Gasteiger partial charge in [-0.1, -0.05) is 34.1 Å². The number of aryl methyl sites for hydroxylation is 1. The summed E-state index contributed by atoms with van der Waals surface area (Å²) in [5.74, 6) is 0.905. The van der Waals surface area contributed by atoms with Crippen LogP contribution in [-0.4, -0.2) is 37.5 Å². The van der Waals surface area contributed by atoms with Gasteiger partial charge in [-0.25, -0.2) is 0 Å². The van der Waals surface area contributed by atoms with E-state index in [4.69, 9.17) is 0 Å². The Hall–Kier alpha value is -0.580. The molecule has 1 atom stereocenters. The van der Waals surface area contributed by atoms with Crippen molar-refractivity contribution in [2.75, 3.05) is 26.7 Å². The first-order valence-electron chi connectivity index (χ1n) is 7.36. The highest BCUT2D eigenvalue weighted by Gasteiger charge is 2.22. The summed E-state index contributed by atoms with van der Waals surface area (Å²) in [4.78, 5) is 14.4. The van der Waals surface area contributed by atoms with Gasteiger partial charge in [-0.05, 0) is 50.4 Å². The van der Waals surface area contributed by atoms with Crippen LogP contribution in [-0.2, 0) is 11.2 Å². The monoisotopic (exact) mass is 374 g/mol. The van der Waals surface area contributed by atoms with E-state index in [1.165, 1.54) is 12.0 Å². The number of hydrogen-bond acceptors (Lipinski definition) is 2. The number of piperidine rings is 1. The number of carbonyl (C=O) groups excluding carboxylic acids is 1. The summed E-state index contributed by atoms with van der Waals surface area (Å²) in [6, 6.07) is 8.14. The molecule has 3 nitrogen and oxygen atoms in total. The number of nitrogens with one attached hydrogen (secondary N) is 1. The number of halogens is 2. The summed E-state index contributed by atoms with van der Waals surface area (Å²) >= 11 is 3.54. The van der Waals surface area contributed by atoms with Crippen LogP contribution < -0.4 is 5.32 Å². The lowest BCUT2D eigenvalue weighted by molar-refractivity contribution is -0.132. The average Bonchev–Trinajstić information content (AvgIpc) is 2.47. The van der Waals surface area contributed by atoms with Gasteiger partial charge in [0.1, 0.15) is 0 Å². The Balaban J connectivity index is 0.00000220. The fraction of sp³-hybridized carbons (Fsp3) is 0.562. The molecular formula is C16H24BrClN2O. The first-order chi connectivity index (χ1) is 9.70. The summed E-state index contributed by atoms with van der Waals surface area (Å²) in [6.07, 6.45) is 3.78. The summed E-state index contributed by atoms with van der Waals surface area (Å²) in [6.45, 7) is 2.85. The normalized spacial score (nSPS) is 18.2. The number of nitrogens with zero attached hydrogens (tertiary/aromatic N) is 1. The highest BCUT2D eigenvalue weighted by atomic mass is 79.9. The van der Waals surface area contributed by atoms with Gasteiger partial charge in [0.25, 0.3) is 0 Å². The second-order valence-electron chi connectivity index (χ2n) is 5.50. The lowest BCUT2D eigenvalue weighted by atomic mass is 9.97. The van der Waals surface area contributed by atoms with Gasteiger partial charge in [-0.3, -0.25) is 4.79 Å². The van der Waals surface area contributed by atoms with Gasteiger partial charge in [0.05, 0.1) is 0 Å². The fourth-order valence-electron chi connectivity index (χ4n) is 2.85. The van der Waals surface area contributed by atoms with Crippen LogP contribution in [0.5, 0.6) is 0 Å². The van der Waals surface area contributed by atoms with Crippen molar-refractivity contribution in [2.45, 2.75) is 25.7 Å². The predicted molar refractivity (Wildman–Crippen MR) is 92.9 cm³/mol. The van der Waals surface area contributed by atoms with Crippen LogP contribution in [0, 0.1) is 5.92 Å². The van der Waals surface area contributed by atoms with E-state index < -0.39 is 0 Å². The Labute approximate surface area is 142 Å². The molecule has 1 aliphatic heterocycles. The first-order valence-corrected chi connectivity index (χ1v) is 8.15. The maximum Gasteiger partial charge on any atom is 0.222 e. The quantitative estimate of drug-likeness (QED) is 0.856. The predicted octanol–water partition coefficient (Wildman–Crippen LogP) is 3.26. The third-order valence-electron chi connectivity index (χ3n) is 3.93. The molecule has 5 heteroatoms. The highest BCUT2D eigenvalue weighted by molar-refractivity contribution is 9.10. The fourth-order valence-corrected chi connectivity index (χ4v) is 3.33. The van der Waals surface area contributed by atoms with E-state index in [0.29, 0.717) is 18.2 Å². The van der Waals surface area contributed by atoms with Crippen molar-refractivity contribution in [3.05, 3.63) is 34.3 Å². The van der Waals surface area contributed by atoms with Crippen molar-refractivity contribution in [1.82, 2.24) is 10.2 Å². The maximum atomic E-state index is 12.3. The number of benzene rings is 1. The van der Waals surface area contributed by atoms with Crippen molar-refractivity contribution in [2.24, 2.45) is 5.92 Å². The standard InChI is InChI=1S/C16H23BrN2O.ClH/c1-18-11-13-5-4-10-19(12-13)16(20)9-8-14-6-2-3-7-15(14)17;/h2-3,6-7,13,18H,4-5,8-12H2,1H3;1H. The van der Waals surface area contributed by atoms with Crippen LogP contribution in [0.2, 0.25) is 0 Å². The second kappa shape index (κ2) is 9.44. The van der Waals surface area contributed by atoms with Crippen molar-refractivity contribution in [1.29, 1.82) is 0 Å². The minimum absolute atomic E-state index is 0. The number of likely N-dealkylation sites (tertiary alicyclic amines) is 1. The van der Waals surface area contributed by atoms with Gasteiger partial charge < -0.3 is 10.2 Å². The van der Waals surface area contributed by atoms with E-state index in [9.17, 15) is 4.79 Å². The molecule has 0 bridgehead atoms. The summed E-state index contributed by atoms with van der Waals surface area (Å²) < 4.78 is 1.10. The number of hydrogen-bond donors (Lipinski definition) is 1. The lowest BCUT2D eigenvalue weighted by Gasteiger charge is -2.32. The summed E-state index contributed by atoms with van der Waals surface area (Å²) in [5, 5.41) is 3.22. The topological polar surface area (TPSA) is 32.3 Å². The van der Waals surface area contributed by atoms with E-state index >= 15 is 0 Å². The molecule has 1 saturated heterocycles. The van der Waals surface area contributed by atoms with Crippen molar-refractivity contribution >= 4 is 34.2 Å². The zero-order valence-corrected chi connectivity index (χ0v) is 14.9. The molecule has 0 spiro atoms. The first kappa shape index (κ1) is 18.5. The van der Waals surface area contributed by atoms with Crippen molar-refractivity contribution in [3.63, 3.8) is 0 Å². The Bertz CT molecular complexity index is 454. The molecule has 118 valence electrons. The van der Waals surface area contributed by atoms with E-state index in [-0.39, 0.29) is 12.4 Å². The Morgan fingerprint density at radius 3 is 2.90 bits per heavy atom. The van der Waals surface area contributed by atoms with Gasteiger partial charge in [0.2, 0.25) is 5.91 Å². The minimum Gasteiger partial charge on any atom is -0.342 e. The summed E-state index contributed by atoms with van der Waals surface area (Å²) in [7, 11) is 1.98. The van der Waals surface area contributed by atoms with Gasteiger partial charge in [-0.2, -0.15) is 0 Å². The molecule has 1 unspecified atom stereocenters. The molecule has 0 aromatic heterocycles. The van der Waals surface area contributed by atoms with E-state index in [0.717, 1.165) is 36.9 Å². The smallest absolute Gasteiger partial charge is 0.222 e. The molecule has 1 amide bonds. The molecule has 0 radical (unpaired) electrons. The van der Waals surface area contributed by atoms with Gasteiger partial charge in [0, 0.05) is 24.0 Å². The molecule has 1 aromatic carbocycles. The molecule has 1 N–H and O–H groups in total. The largest absolute Gasteiger partial charge is 0.342 e. The zero-order valence-electron chi connectivity index (χ0n) is 12.5. The van der Waals surface area contributed by atoms with Crippen LogP contribution >= 0.6 is 28.3 Å². The van der Waals surface area contributed by atoms with Crippen molar-refractivity contribution < 1.29 is 4.79 Å². The van der Waals surface area contributed by atoms with Gasteiger partial charge >= 0.3 is 0 Å². The third-order valence-corrected chi connectivity index (χ3v) is 4.70. The molecular weight excluding hydrogens is 352 g/mol. The second-order valence-corrected chi connectivity index (χ2v) is 6.35. The molecule has 1 aliphatic rings. The molecule has 0 aliphatic carbocycles. The highest BCUT2D eigenvalue weighted by Crippen LogP contribution is 2.20. The average molecular weight is 376 g/mol. The maximum absolute atomic E-state index is 12.3. The number of carbonyl (C=O) groups is 1. The molecule has 1 heterocycles. The SMILES string of the molecule is CNCC1CCCN(C(=O)CCc2ccccc2Br)C1.Cl. The van der Waals surface area contributed by atoms with E-state index in [2.05, 4.69) is 27.3 Å². The summed E-state index contributed by atoms with van der Waals surface area (Å²) in [5.41, 5.74) is 1.21. The van der Waals surface area contributed by atoms with Crippen LogP contribution in [0.25, 0.3) is 0 Å². The Morgan fingerprint density at radius 2 is 2.19 bits per heavy atom. The minimum atomic E-state index is 0. The molecule has 0 saturated carbocycles. The van der Waals surface area contributed by atoms with E-state index in [1.807, 2.05) is 30.1 Å². The Kier molecular flexibility index (Phi) is 8.30. The van der Waals surface area contributed by atoms with Crippen LogP contribution in [0.4, 0.5) is 0 Å². The Morgan fingerprint density at radius 1 is 1.43 bits per heavy atom. The van der Waals surface area contributed by atoms with Crippen LogP contribution in [0.3, 0.4) is 0 Å². The van der Waals surface area contributed by atoms with Crippen LogP contribution in [0.1, 0.15) is 24.8 Å². The van der Waals surface area contributed by atoms with Crippen molar-refractivity contribution in [3.8, 4) is 0 Å². The van der Waals surface area contributed by atoms with Crippen LogP contribution in [0.15, 0.2) is 28.7 Å². The molecule has 2 rings (SSSR count). The zero-order chi connectivity index (χ0) is 14.4. The molecule has 1 fully saturated rings.